The average Bonchev–Trinajstić information content (AvgIpc) is 2.91. The Hall–Kier alpha value is -1.40. The number of methoxy groups -OCH3 is 1. The number of fused-ring (bicyclic) bond motifs is 7. The van der Waals surface area contributed by atoms with Gasteiger partial charge in [0.2, 0.25) is 0 Å². The standard InChI is InChI=1S/C33H52O6/c1-8-39-27(37)33-17-15-28(2,26(36)38-7)19-22(33)21-9-10-24-29(3)13-12-25(35)30(4,20-34)23(29)11-14-32(24,6)31(21,5)16-18-33/h9,22-25,34-35H,8,10-20H2,1-7H3/t22-,23+,24+,25-,28-,29-,30-,31+,32+,33-/m0/s1. The number of aliphatic hydroxyl groups excluding tert-OH is 2. The van der Waals surface area contributed by atoms with Crippen LogP contribution in [0.1, 0.15) is 106 Å². The van der Waals surface area contributed by atoms with Gasteiger partial charge in [-0.1, -0.05) is 39.3 Å². The molecule has 0 bridgehead atoms. The Morgan fingerprint density at radius 3 is 2.28 bits per heavy atom. The first-order valence-electron chi connectivity index (χ1n) is 15.5. The Balaban J connectivity index is 1.60. The molecule has 4 fully saturated rings. The number of carbonyl (C=O) groups excluding carboxylic acids is 2. The highest BCUT2D eigenvalue weighted by molar-refractivity contribution is 5.81. The molecule has 220 valence electrons. The molecule has 0 aromatic rings. The fraction of sp³-hybridized carbons (Fsp3) is 0.879. The normalized spacial score (nSPS) is 50.8. The van der Waals surface area contributed by atoms with Gasteiger partial charge in [0.15, 0.2) is 0 Å². The van der Waals surface area contributed by atoms with Gasteiger partial charge >= 0.3 is 11.9 Å². The molecule has 0 unspecified atom stereocenters. The number of esters is 2. The van der Waals surface area contributed by atoms with Crippen LogP contribution in [-0.4, -0.2) is 48.6 Å². The van der Waals surface area contributed by atoms with Crippen molar-refractivity contribution in [1.29, 1.82) is 0 Å². The molecule has 4 saturated carbocycles. The third-order valence-electron chi connectivity index (χ3n) is 13.9. The van der Waals surface area contributed by atoms with Gasteiger partial charge in [0.05, 0.1) is 37.3 Å². The molecule has 10 atom stereocenters. The number of allylic oxidation sites excluding steroid dienone is 2. The summed E-state index contributed by atoms with van der Waals surface area (Å²) in [6.45, 7) is 13.7. The Morgan fingerprint density at radius 2 is 1.64 bits per heavy atom. The van der Waals surface area contributed by atoms with Gasteiger partial charge in [-0.15, -0.1) is 0 Å². The predicted molar refractivity (Wildman–Crippen MR) is 149 cm³/mol. The van der Waals surface area contributed by atoms with E-state index in [1.807, 2.05) is 13.8 Å². The van der Waals surface area contributed by atoms with E-state index in [9.17, 15) is 19.8 Å². The number of rotatable bonds is 4. The number of aliphatic hydroxyl groups is 2. The summed E-state index contributed by atoms with van der Waals surface area (Å²) in [5.41, 5.74) is -0.333. The van der Waals surface area contributed by atoms with Crippen molar-refractivity contribution in [3.63, 3.8) is 0 Å². The molecule has 0 aliphatic heterocycles. The van der Waals surface area contributed by atoms with Crippen LogP contribution in [0.2, 0.25) is 0 Å². The summed E-state index contributed by atoms with van der Waals surface area (Å²) >= 11 is 0. The molecular weight excluding hydrogens is 492 g/mol. The van der Waals surface area contributed by atoms with E-state index in [0.29, 0.717) is 31.8 Å². The van der Waals surface area contributed by atoms with E-state index < -0.39 is 22.3 Å². The van der Waals surface area contributed by atoms with Gasteiger partial charge in [0.1, 0.15) is 0 Å². The zero-order valence-electron chi connectivity index (χ0n) is 25.4. The molecule has 6 heteroatoms. The van der Waals surface area contributed by atoms with E-state index in [2.05, 4.69) is 33.8 Å². The van der Waals surface area contributed by atoms with Crippen LogP contribution in [0, 0.1) is 50.2 Å². The van der Waals surface area contributed by atoms with Crippen molar-refractivity contribution in [3.8, 4) is 0 Å². The number of hydrogen-bond donors (Lipinski definition) is 2. The fourth-order valence-electron chi connectivity index (χ4n) is 11.2. The summed E-state index contributed by atoms with van der Waals surface area (Å²) in [7, 11) is 1.47. The predicted octanol–water partition coefficient (Wildman–Crippen LogP) is 5.84. The third kappa shape index (κ3) is 3.65. The number of carbonyl (C=O) groups is 2. The lowest BCUT2D eigenvalue weighted by Crippen LogP contribution is -2.66. The minimum absolute atomic E-state index is 0.0203. The molecule has 0 saturated heterocycles. The molecule has 0 amide bonds. The van der Waals surface area contributed by atoms with Gasteiger partial charge in [-0.3, -0.25) is 9.59 Å². The van der Waals surface area contributed by atoms with Gasteiger partial charge in [0.25, 0.3) is 0 Å². The molecular formula is C33H52O6. The maximum Gasteiger partial charge on any atom is 0.312 e. The van der Waals surface area contributed by atoms with Crippen molar-refractivity contribution in [1.82, 2.24) is 0 Å². The molecule has 2 N–H and O–H groups in total. The van der Waals surface area contributed by atoms with Crippen LogP contribution < -0.4 is 0 Å². The maximum absolute atomic E-state index is 13.7. The van der Waals surface area contributed by atoms with Crippen LogP contribution in [0.3, 0.4) is 0 Å². The first-order chi connectivity index (χ1) is 18.2. The summed E-state index contributed by atoms with van der Waals surface area (Å²) in [5, 5.41) is 21.5. The summed E-state index contributed by atoms with van der Waals surface area (Å²) in [6.07, 6.45) is 10.3. The Kier molecular flexibility index (Phi) is 6.94. The largest absolute Gasteiger partial charge is 0.469 e. The highest BCUT2D eigenvalue weighted by Crippen LogP contribution is 2.75. The van der Waals surface area contributed by atoms with Crippen LogP contribution in [0.5, 0.6) is 0 Å². The monoisotopic (exact) mass is 544 g/mol. The van der Waals surface area contributed by atoms with E-state index >= 15 is 0 Å². The molecule has 0 aromatic carbocycles. The quantitative estimate of drug-likeness (QED) is 0.341. The van der Waals surface area contributed by atoms with Crippen molar-refractivity contribution >= 4 is 11.9 Å². The van der Waals surface area contributed by atoms with Gasteiger partial charge in [-0.2, -0.15) is 0 Å². The van der Waals surface area contributed by atoms with Gasteiger partial charge in [-0.05, 0) is 112 Å². The Bertz CT molecular complexity index is 1050. The highest BCUT2D eigenvalue weighted by atomic mass is 16.5. The molecule has 0 radical (unpaired) electrons. The first-order valence-corrected chi connectivity index (χ1v) is 15.5. The lowest BCUT2D eigenvalue weighted by Gasteiger charge is -2.71. The molecule has 39 heavy (non-hydrogen) atoms. The Morgan fingerprint density at radius 1 is 0.949 bits per heavy atom. The van der Waals surface area contributed by atoms with Crippen LogP contribution in [-0.2, 0) is 19.1 Å². The van der Waals surface area contributed by atoms with Crippen LogP contribution in [0.4, 0.5) is 0 Å². The molecule has 6 nitrogen and oxygen atoms in total. The lowest BCUT2D eigenvalue weighted by molar-refractivity contribution is -0.217. The summed E-state index contributed by atoms with van der Waals surface area (Å²) in [6, 6.07) is 0. The minimum Gasteiger partial charge on any atom is -0.469 e. The van der Waals surface area contributed by atoms with Crippen LogP contribution >= 0.6 is 0 Å². The van der Waals surface area contributed by atoms with Crippen molar-refractivity contribution in [2.45, 2.75) is 112 Å². The van der Waals surface area contributed by atoms with Crippen molar-refractivity contribution < 1.29 is 29.3 Å². The maximum atomic E-state index is 13.7. The minimum atomic E-state index is -0.613. The topological polar surface area (TPSA) is 93.1 Å². The summed E-state index contributed by atoms with van der Waals surface area (Å²) in [5.74, 6) is 0.404. The zero-order valence-corrected chi connectivity index (χ0v) is 25.4. The van der Waals surface area contributed by atoms with Crippen LogP contribution in [0.15, 0.2) is 11.6 Å². The highest BCUT2D eigenvalue weighted by Gasteiger charge is 2.70. The number of hydrogen-bond acceptors (Lipinski definition) is 6. The van der Waals surface area contributed by atoms with Crippen molar-refractivity contribution in [3.05, 3.63) is 11.6 Å². The smallest absolute Gasteiger partial charge is 0.312 e. The average molecular weight is 545 g/mol. The second-order valence-corrected chi connectivity index (χ2v) is 15.2. The van der Waals surface area contributed by atoms with Gasteiger partial charge in [-0.25, -0.2) is 0 Å². The van der Waals surface area contributed by atoms with E-state index in [1.54, 1.807) is 0 Å². The first kappa shape index (κ1) is 29.1. The van der Waals surface area contributed by atoms with E-state index in [4.69, 9.17) is 9.47 Å². The van der Waals surface area contributed by atoms with Gasteiger partial charge < -0.3 is 19.7 Å². The molecule has 5 aliphatic rings. The summed E-state index contributed by atoms with van der Waals surface area (Å²) in [4.78, 5) is 26.7. The third-order valence-corrected chi connectivity index (χ3v) is 13.9. The van der Waals surface area contributed by atoms with E-state index in [-0.39, 0.29) is 46.6 Å². The second-order valence-electron chi connectivity index (χ2n) is 15.2. The second kappa shape index (κ2) is 9.31. The molecule has 5 rings (SSSR count). The molecule has 0 heterocycles. The fourth-order valence-corrected chi connectivity index (χ4v) is 11.2. The van der Waals surface area contributed by atoms with E-state index in [1.165, 1.54) is 12.7 Å². The number of ether oxygens (including phenoxy) is 2. The SMILES string of the molecule is CCOC(=O)[C@]12CC[C@](C)(C(=O)OC)C[C@H]1C1=CC[C@@H]3[C@@]4(C)CC[C@H](O)[C@@](C)(CO)[C@@H]4CC[C@@]3(C)[C@]1(C)CC2. The van der Waals surface area contributed by atoms with Crippen molar-refractivity contribution in [2.24, 2.45) is 50.2 Å². The Labute approximate surface area is 235 Å². The summed E-state index contributed by atoms with van der Waals surface area (Å²) < 4.78 is 11.0. The zero-order chi connectivity index (χ0) is 28.6. The lowest BCUT2D eigenvalue weighted by atomic mass is 9.33. The van der Waals surface area contributed by atoms with Crippen LogP contribution in [0.25, 0.3) is 0 Å². The van der Waals surface area contributed by atoms with Crippen molar-refractivity contribution in [2.75, 3.05) is 20.3 Å². The molecule has 0 aromatic heterocycles. The van der Waals surface area contributed by atoms with E-state index in [0.717, 1.165) is 44.9 Å². The molecule has 0 spiro atoms. The van der Waals surface area contributed by atoms with Gasteiger partial charge in [0, 0.05) is 5.41 Å². The molecule has 5 aliphatic carbocycles.